The van der Waals surface area contributed by atoms with Gasteiger partial charge in [-0.2, -0.15) is 0 Å². The zero-order chi connectivity index (χ0) is 14.6. The number of nitrogens with one attached hydrogen (secondary N) is 1. The van der Waals surface area contributed by atoms with Gasteiger partial charge in [0.05, 0.1) is 19.4 Å². The van der Waals surface area contributed by atoms with Gasteiger partial charge in [-0.1, -0.05) is 12.1 Å². The Morgan fingerprint density at radius 3 is 2.95 bits per heavy atom. The predicted octanol–water partition coefficient (Wildman–Crippen LogP) is 1.43. The van der Waals surface area contributed by atoms with E-state index in [9.17, 15) is 4.79 Å². The number of carbonyl (C=O) groups excluding carboxylic acids is 1. The summed E-state index contributed by atoms with van der Waals surface area (Å²) in [7, 11) is 3.19. The Hall–Kier alpha value is -1.75. The molecule has 0 fully saturated rings. The Bertz CT molecular complexity index is 478. The van der Waals surface area contributed by atoms with Crippen molar-refractivity contribution in [1.29, 1.82) is 0 Å². The molecule has 0 saturated carbocycles. The molecular weight excluding hydrogens is 256 g/mol. The minimum absolute atomic E-state index is 0.261. The number of hydrogen-bond acceptors (Lipinski definition) is 5. The third-order valence-electron chi connectivity index (χ3n) is 3.73. The highest BCUT2D eigenvalue weighted by molar-refractivity contribution is 5.81. The van der Waals surface area contributed by atoms with E-state index in [2.05, 4.69) is 10.2 Å². The van der Waals surface area contributed by atoms with Gasteiger partial charge in [-0.15, -0.1) is 0 Å². The first kappa shape index (κ1) is 14.7. The number of anilines is 1. The summed E-state index contributed by atoms with van der Waals surface area (Å²) in [5, 5.41) is 3.07. The molecule has 20 heavy (non-hydrogen) atoms. The molecular formula is C15H22N2O3. The van der Waals surface area contributed by atoms with Gasteiger partial charge in [0, 0.05) is 13.1 Å². The summed E-state index contributed by atoms with van der Waals surface area (Å²) in [4.78, 5) is 14.2. The summed E-state index contributed by atoms with van der Waals surface area (Å²) in [6.45, 7) is 3.94. The van der Waals surface area contributed by atoms with E-state index in [1.54, 1.807) is 7.05 Å². The lowest BCUT2D eigenvalue weighted by Gasteiger charge is -2.34. The molecule has 2 rings (SSSR count). The number of esters is 1. The lowest BCUT2D eigenvalue weighted by Crippen LogP contribution is -2.56. The number of nitrogens with zero attached hydrogens (tertiary/aromatic N) is 1. The topological polar surface area (TPSA) is 50.8 Å². The van der Waals surface area contributed by atoms with Crippen LogP contribution in [0.5, 0.6) is 5.75 Å². The number of rotatable bonds is 4. The summed E-state index contributed by atoms with van der Waals surface area (Å²) >= 11 is 0. The molecule has 0 amide bonds. The number of ether oxygens (including phenoxy) is 2. The average molecular weight is 278 g/mol. The van der Waals surface area contributed by atoms with Crippen molar-refractivity contribution in [2.75, 3.05) is 38.8 Å². The van der Waals surface area contributed by atoms with Gasteiger partial charge < -0.3 is 19.7 Å². The quantitative estimate of drug-likeness (QED) is 0.844. The van der Waals surface area contributed by atoms with Gasteiger partial charge in [0.1, 0.15) is 11.3 Å². The fraction of sp³-hybridized carbons (Fsp3) is 0.533. The van der Waals surface area contributed by atoms with E-state index in [-0.39, 0.29) is 5.97 Å². The number of carbonyl (C=O) groups is 1. The predicted molar refractivity (Wildman–Crippen MR) is 78.2 cm³/mol. The summed E-state index contributed by atoms with van der Waals surface area (Å²) in [6.07, 6.45) is 0.926. The first-order valence-electron chi connectivity index (χ1n) is 6.85. The van der Waals surface area contributed by atoms with Crippen molar-refractivity contribution in [1.82, 2.24) is 5.32 Å². The van der Waals surface area contributed by atoms with Gasteiger partial charge in [-0.25, -0.2) is 4.79 Å². The van der Waals surface area contributed by atoms with Crippen molar-refractivity contribution in [2.24, 2.45) is 0 Å². The molecule has 1 aliphatic heterocycles. The molecule has 110 valence electrons. The van der Waals surface area contributed by atoms with Crippen LogP contribution in [0.4, 0.5) is 5.69 Å². The maximum atomic E-state index is 12.0. The van der Waals surface area contributed by atoms with Crippen LogP contribution in [0.3, 0.4) is 0 Å². The highest BCUT2D eigenvalue weighted by atomic mass is 16.5. The normalized spacial score (nSPS) is 17.4. The molecule has 5 heteroatoms. The Kier molecular flexibility index (Phi) is 4.49. The maximum Gasteiger partial charge on any atom is 0.327 e. The number of para-hydroxylation sites is 2. The Morgan fingerprint density at radius 1 is 1.50 bits per heavy atom. The minimum Gasteiger partial charge on any atom is -0.491 e. The standard InChI is InChI=1S/C15H22N2O3/c1-15(16-2,14(18)19-3)11-17-9-6-10-20-13-8-5-4-7-12(13)17/h4-5,7-8,16H,6,9-11H2,1-3H3. The van der Waals surface area contributed by atoms with Crippen molar-refractivity contribution in [2.45, 2.75) is 18.9 Å². The van der Waals surface area contributed by atoms with Gasteiger partial charge in [-0.05, 0) is 32.5 Å². The van der Waals surface area contributed by atoms with E-state index in [0.717, 1.165) is 24.4 Å². The number of likely N-dealkylation sites (N-methyl/N-ethyl adjacent to an activating group) is 1. The smallest absolute Gasteiger partial charge is 0.327 e. The van der Waals surface area contributed by atoms with Gasteiger partial charge in [0.2, 0.25) is 0 Å². The van der Waals surface area contributed by atoms with E-state index in [0.29, 0.717) is 13.2 Å². The molecule has 1 unspecified atom stereocenters. The van der Waals surface area contributed by atoms with E-state index in [1.165, 1.54) is 7.11 Å². The van der Waals surface area contributed by atoms with Crippen molar-refractivity contribution >= 4 is 11.7 Å². The van der Waals surface area contributed by atoms with Crippen LogP contribution in [0.15, 0.2) is 24.3 Å². The largest absolute Gasteiger partial charge is 0.491 e. The number of hydrogen-bond donors (Lipinski definition) is 1. The van der Waals surface area contributed by atoms with Crippen LogP contribution in [-0.2, 0) is 9.53 Å². The van der Waals surface area contributed by atoms with Crippen LogP contribution >= 0.6 is 0 Å². The van der Waals surface area contributed by atoms with E-state index in [4.69, 9.17) is 9.47 Å². The number of methoxy groups -OCH3 is 1. The molecule has 0 radical (unpaired) electrons. The van der Waals surface area contributed by atoms with Crippen LogP contribution in [0.1, 0.15) is 13.3 Å². The maximum absolute atomic E-state index is 12.0. The Labute approximate surface area is 119 Å². The van der Waals surface area contributed by atoms with Crippen molar-refractivity contribution in [3.8, 4) is 5.75 Å². The first-order valence-corrected chi connectivity index (χ1v) is 6.85. The monoisotopic (exact) mass is 278 g/mol. The molecule has 1 atom stereocenters. The fourth-order valence-electron chi connectivity index (χ4n) is 2.42. The zero-order valence-corrected chi connectivity index (χ0v) is 12.3. The van der Waals surface area contributed by atoms with Crippen molar-refractivity contribution < 1.29 is 14.3 Å². The minimum atomic E-state index is -0.744. The van der Waals surface area contributed by atoms with Gasteiger partial charge in [0.25, 0.3) is 0 Å². The molecule has 1 aromatic carbocycles. The van der Waals surface area contributed by atoms with E-state index in [1.807, 2.05) is 31.2 Å². The molecule has 0 bridgehead atoms. The fourth-order valence-corrected chi connectivity index (χ4v) is 2.42. The summed E-state index contributed by atoms with van der Waals surface area (Å²) < 4.78 is 10.6. The Balaban J connectivity index is 2.26. The zero-order valence-electron chi connectivity index (χ0n) is 12.3. The van der Waals surface area contributed by atoms with Crippen LogP contribution in [0.25, 0.3) is 0 Å². The van der Waals surface area contributed by atoms with Crippen molar-refractivity contribution in [3.63, 3.8) is 0 Å². The summed E-state index contributed by atoms with van der Waals surface area (Å²) in [5.74, 6) is 0.607. The highest BCUT2D eigenvalue weighted by Gasteiger charge is 2.35. The molecule has 0 aliphatic carbocycles. The van der Waals surface area contributed by atoms with Crippen LogP contribution in [0.2, 0.25) is 0 Å². The van der Waals surface area contributed by atoms with Gasteiger partial charge >= 0.3 is 5.97 Å². The van der Waals surface area contributed by atoms with Crippen LogP contribution < -0.4 is 15.0 Å². The summed E-state index contributed by atoms with van der Waals surface area (Å²) in [5.41, 5.74) is 0.280. The van der Waals surface area contributed by atoms with E-state index >= 15 is 0 Å². The molecule has 1 aliphatic rings. The highest BCUT2D eigenvalue weighted by Crippen LogP contribution is 2.31. The molecule has 1 aromatic rings. The molecule has 1 N–H and O–H groups in total. The molecule has 0 saturated heterocycles. The Morgan fingerprint density at radius 2 is 2.25 bits per heavy atom. The third kappa shape index (κ3) is 2.88. The lowest BCUT2D eigenvalue weighted by atomic mass is 10.0. The second-order valence-corrected chi connectivity index (χ2v) is 5.16. The lowest BCUT2D eigenvalue weighted by molar-refractivity contribution is -0.147. The summed E-state index contributed by atoms with van der Waals surface area (Å²) in [6, 6.07) is 7.92. The second kappa shape index (κ2) is 6.13. The third-order valence-corrected chi connectivity index (χ3v) is 3.73. The van der Waals surface area contributed by atoms with Crippen LogP contribution in [0, 0.1) is 0 Å². The van der Waals surface area contributed by atoms with Crippen molar-refractivity contribution in [3.05, 3.63) is 24.3 Å². The second-order valence-electron chi connectivity index (χ2n) is 5.16. The molecule has 0 spiro atoms. The van der Waals surface area contributed by atoms with Crippen LogP contribution in [-0.4, -0.2) is 45.4 Å². The molecule has 5 nitrogen and oxygen atoms in total. The number of fused-ring (bicyclic) bond motifs is 1. The van der Waals surface area contributed by atoms with E-state index < -0.39 is 5.54 Å². The van der Waals surface area contributed by atoms with Gasteiger partial charge in [0.15, 0.2) is 0 Å². The first-order chi connectivity index (χ1) is 9.60. The SMILES string of the molecule is CNC(C)(CN1CCCOc2ccccc21)C(=O)OC. The van der Waals surface area contributed by atoms with Gasteiger partial charge in [-0.3, -0.25) is 0 Å². The number of benzene rings is 1. The average Bonchev–Trinajstić information content (AvgIpc) is 2.69. The molecule has 0 aromatic heterocycles. The molecule has 1 heterocycles.